The van der Waals surface area contributed by atoms with Crippen LogP contribution in [0.5, 0.6) is 0 Å². The minimum Gasteiger partial charge on any atom is -0.478 e. The molecule has 1 heterocycles. The van der Waals surface area contributed by atoms with Gasteiger partial charge in [-0.3, -0.25) is 4.79 Å². The third-order valence-electron chi connectivity index (χ3n) is 1.49. The number of hydrogen-bond acceptors (Lipinski definition) is 3. The Morgan fingerprint density at radius 3 is 2.75 bits per heavy atom. The monoisotopic (exact) mass is 168 g/mol. The maximum Gasteiger partial charge on any atom is 0.338 e. The Bertz CT molecular complexity index is 381. The average molecular weight is 168 g/mol. The van der Waals surface area contributed by atoms with Crippen molar-refractivity contribution in [2.24, 2.45) is 7.05 Å². The van der Waals surface area contributed by atoms with Crippen LogP contribution < -0.4 is 11.3 Å². The van der Waals surface area contributed by atoms with Crippen LogP contribution in [0.15, 0.2) is 17.1 Å². The minimum absolute atomic E-state index is 0.0876. The lowest BCUT2D eigenvalue weighted by Crippen LogP contribution is -2.19. The van der Waals surface area contributed by atoms with E-state index in [1.165, 1.54) is 17.8 Å². The van der Waals surface area contributed by atoms with E-state index in [-0.39, 0.29) is 16.8 Å². The molecule has 0 aliphatic heterocycles. The lowest BCUT2D eigenvalue weighted by molar-refractivity contribution is 0.0697. The van der Waals surface area contributed by atoms with Gasteiger partial charge in [0.1, 0.15) is 0 Å². The summed E-state index contributed by atoms with van der Waals surface area (Å²) in [7, 11) is 1.50. The number of carboxylic acids is 1. The fourth-order valence-electron chi connectivity index (χ4n) is 0.836. The van der Waals surface area contributed by atoms with Crippen molar-refractivity contribution < 1.29 is 9.90 Å². The highest BCUT2D eigenvalue weighted by atomic mass is 16.4. The molecule has 0 amide bonds. The first-order valence-corrected chi connectivity index (χ1v) is 3.22. The summed E-state index contributed by atoms with van der Waals surface area (Å²) < 4.78 is 1.22. The number of anilines is 1. The molecule has 0 unspecified atom stereocenters. The lowest BCUT2D eigenvalue weighted by atomic mass is 10.2. The van der Waals surface area contributed by atoms with Crippen LogP contribution in [0.2, 0.25) is 0 Å². The molecule has 12 heavy (non-hydrogen) atoms. The molecule has 1 aromatic rings. The summed E-state index contributed by atoms with van der Waals surface area (Å²) in [6, 6.07) is 0.998. The molecule has 0 spiro atoms. The number of aromatic carboxylic acids is 1. The Morgan fingerprint density at radius 2 is 2.25 bits per heavy atom. The lowest BCUT2D eigenvalue weighted by Gasteiger charge is -2.01. The smallest absolute Gasteiger partial charge is 0.338 e. The number of aryl methyl sites for hydroxylation is 1. The molecule has 0 saturated heterocycles. The van der Waals surface area contributed by atoms with Crippen molar-refractivity contribution in [3.8, 4) is 0 Å². The first-order valence-electron chi connectivity index (χ1n) is 3.22. The van der Waals surface area contributed by atoms with E-state index >= 15 is 0 Å². The maximum atomic E-state index is 10.9. The van der Waals surface area contributed by atoms with E-state index in [0.29, 0.717) is 0 Å². The number of carbonyl (C=O) groups is 1. The molecule has 64 valence electrons. The highest BCUT2D eigenvalue weighted by molar-refractivity contribution is 5.93. The summed E-state index contributed by atoms with van der Waals surface area (Å²) in [5, 5.41) is 8.55. The van der Waals surface area contributed by atoms with Crippen LogP contribution in [-0.4, -0.2) is 15.6 Å². The molecule has 0 fully saturated rings. The van der Waals surface area contributed by atoms with Gasteiger partial charge in [-0.15, -0.1) is 0 Å². The molecule has 5 heteroatoms. The van der Waals surface area contributed by atoms with Gasteiger partial charge in [0.05, 0.1) is 11.3 Å². The van der Waals surface area contributed by atoms with E-state index in [0.717, 1.165) is 6.07 Å². The number of carboxylic acid groups (broad SMARTS) is 1. The predicted molar refractivity (Wildman–Crippen MR) is 43.1 cm³/mol. The second-order valence-electron chi connectivity index (χ2n) is 2.40. The Labute approximate surface area is 68.0 Å². The zero-order valence-electron chi connectivity index (χ0n) is 6.44. The van der Waals surface area contributed by atoms with Gasteiger partial charge in [0.15, 0.2) is 0 Å². The quantitative estimate of drug-likeness (QED) is 0.601. The van der Waals surface area contributed by atoms with Crippen molar-refractivity contribution >= 4 is 11.7 Å². The van der Waals surface area contributed by atoms with Gasteiger partial charge in [0.2, 0.25) is 0 Å². The normalized spacial score (nSPS) is 9.75. The number of hydrogen-bond donors (Lipinski definition) is 2. The van der Waals surface area contributed by atoms with Crippen LogP contribution in [0.4, 0.5) is 5.69 Å². The molecule has 0 aliphatic carbocycles. The van der Waals surface area contributed by atoms with E-state index in [2.05, 4.69) is 0 Å². The van der Waals surface area contributed by atoms with Gasteiger partial charge >= 0.3 is 5.97 Å². The fraction of sp³-hybridized carbons (Fsp3) is 0.143. The fourth-order valence-corrected chi connectivity index (χ4v) is 0.836. The predicted octanol–water partition coefficient (Wildman–Crippen LogP) is -0.334. The van der Waals surface area contributed by atoms with Crippen molar-refractivity contribution in [2.45, 2.75) is 0 Å². The molecular weight excluding hydrogens is 160 g/mol. The van der Waals surface area contributed by atoms with Gasteiger partial charge in [-0.05, 0) is 0 Å². The zero-order valence-corrected chi connectivity index (χ0v) is 6.44. The molecule has 1 aromatic heterocycles. The number of nitrogens with two attached hydrogens (primary N) is 1. The first-order chi connectivity index (χ1) is 5.52. The second-order valence-corrected chi connectivity index (χ2v) is 2.40. The average Bonchev–Trinajstić information content (AvgIpc) is 1.96. The highest BCUT2D eigenvalue weighted by Crippen LogP contribution is 2.06. The summed E-state index contributed by atoms with van der Waals surface area (Å²) in [4.78, 5) is 21.4. The van der Waals surface area contributed by atoms with Gasteiger partial charge < -0.3 is 15.4 Å². The largest absolute Gasteiger partial charge is 0.478 e. The van der Waals surface area contributed by atoms with Gasteiger partial charge in [-0.2, -0.15) is 0 Å². The van der Waals surface area contributed by atoms with Gasteiger partial charge in [-0.1, -0.05) is 0 Å². The Hall–Kier alpha value is -1.78. The molecule has 1 rings (SSSR count). The van der Waals surface area contributed by atoms with E-state index in [1.807, 2.05) is 0 Å². The SMILES string of the molecule is Cn1cc(N)c(C(=O)O)cc1=O. The van der Waals surface area contributed by atoms with E-state index in [1.54, 1.807) is 0 Å². The Morgan fingerprint density at radius 1 is 1.67 bits per heavy atom. The Kier molecular flexibility index (Phi) is 1.86. The van der Waals surface area contributed by atoms with Crippen LogP contribution in [0, 0.1) is 0 Å². The summed E-state index contributed by atoms with van der Waals surface area (Å²) in [6.07, 6.45) is 1.28. The zero-order chi connectivity index (χ0) is 9.30. The van der Waals surface area contributed by atoms with Crippen molar-refractivity contribution in [3.05, 3.63) is 28.2 Å². The molecule has 0 aliphatic rings. The number of pyridine rings is 1. The van der Waals surface area contributed by atoms with E-state index < -0.39 is 5.97 Å². The molecule has 5 nitrogen and oxygen atoms in total. The summed E-state index contributed by atoms with van der Waals surface area (Å²) in [5.74, 6) is -1.19. The number of aromatic nitrogens is 1. The van der Waals surface area contributed by atoms with Crippen LogP contribution in [0.25, 0.3) is 0 Å². The minimum atomic E-state index is -1.19. The highest BCUT2D eigenvalue weighted by Gasteiger charge is 2.08. The summed E-state index contributed by atoms with van der Waals surface area (Å²) in [5.41, 5.74) is 4.90. The Balaban J connectivity index is 3.43. The maximum absolute atomic E-state index is 10.9. The van der Waals surface area contributed by atoms with Crippen molar-refractivity contribution in [3.63, 3.8) is 0 Å². The first kappa shape index (κ1) is 8.32. The summed E-state index contributed by atoms with van der Waals surface area (Å²) in [6.45, 7) is 0. The third kappa shape index (κ3) is 1.29. The van der Waals surface area contributed by atoms with Crippen LogP contribution in [0.3, 0.4) is 0 Å². The standard InChI is InChI=1S/C7H8N2O3/c1-9-3-5(8)4(7(11)12)2-6(9)10/h2-3H,8H2,1H3,(H,11,12). The molecule has 0 aromatic carbocycles. The molecule has 0 bridgehead atoms. The van der Waals surface area contributed by atoms with Gasteiger partial charge in [0, 0.05) is 19.3 Å². The van der Waals surface area contributed by atoms with Gasteiger partial charge in [-0.25, -0.2) is 4.79 Å². The van der Waals surface area contributed by atoms with Crippen molar-refractivity contribution in [2.75, 3.05) is 5.73 Å². The molecule has 0 saturated carbocycles. The van der Waals surface area contributed by atoms with Gasteiger partial charge in [0.25, 0.3) is 5.56 Å². The molecule has 3 N–H and O–H groups in total. The van der Waals surface area contributed by atoms with Crippen LogP contribution >= 0.6 is 0 Å². The van der Waals surface area contributed by atoms with Crippen LogP contribution in [0.1, 0.15) is 10.4 Å². The third-order valence-corrected chi connectivity index (χ3v) is 1.49. The molecular formula is C7H8N2O3. The van der Waals surface area contributed by atoms with E-state index in [4.69, 9.17) is 10.8 Å². The van der Waals surface area contributed by atoms with Crippen LogP contribution in [-0.2, 0) is 7.05 Å². The van der Waals surface area contributed by atoms with Crippen molar-refractivity contribution in [1.82, 2.24) is 4.57 Å². The molecule has 0 radical (unpaired) electrons. The number of rotatable bonds is 1. The van der Waals surface area contributed by atoms with Crippen molar-refractivity contribution in [1.29, 1.82) is 0 Å². The number of nitrogens with zero attached hydrogens (tertiary/aromatic N) is 1. The number of nitrogen functional groups attached to an aromatic ring is 1. The second kappa shape index (κ2) is 2.69. The van der Waals surface area contributed by atoms with E-state index in [9.17, 15) is 9.59 Å². The molecule has 0 atom stereocenters. The topological polar surface area (TPSA) is 85.3 Å². The summed E-state index contributed by atoms with van der Waals surface area (Å²) >= 11 is 0.